The van der Waals surface area contributed by atoms with Crippen molar-refractivity contribution in [1.29, 1.82) is 5.26 Å². The molecule has 62 valence electrons. The molecule has 0 aliphatic carbocycles. The molecule has 0 radical (unpaired) electrons. The van der Waals surface area contributed by atoms with Crippen molar-refractivity contribution in [3.8, 4) is 6.07 Å². The number of carbonyl (C=O) groups excluding carboxylic acids is 1. The lowest BCUT2D eigenvalue weighted by atomic mass is 10.4. The molecule has 0 aromatic carbocycles. The molecule has 4 nitrogen and oxygen atoms in total. The van der Waals surface area contributed by atoms with Crippen molar-refractivity contribution in [1.82, 2.24) is 10.3 Å². The van der Waals surface area contributed by atoms with Gasteiger partial charge in [-0.2, -0.15) is 5.26 Å². The quantitative estimate of drug-likeness (QED) is 0.626. The zero-order valence-electron chi connectivity index (χ0n) is 6.10. The molecule has 5 heteroatoms. The molecule has 0 saturated carbocycles. The second-order valence-corrected chi connectivity index (χ2v) is 2.07. The molecule has 0 atom stereocenters. The normalized spacial score (nSPS) is 9.00. The number of hydrogen-bond acceptors (Lipinski definition) is 2. The number of hydrogen-bond donors (Lipinski definition) is 2. The molecule has 0 unspecified atom stereocenters. The number of aromatic amines is 1. The summed E-state index contributed by atoms with van der Waals surface area (Å²) in [6, 6.07) is 2.80. The predicted octanol–water partition coefficient (Wildman–Crippen LogP) is 0.407. The van der Waals surface area contributed by atoms with Gasteiger partial charge in [-0.3, -0.25) is 4.79 Å². The number of aromatic nitrogens is 1. The summed E-state index contributed by atoms with van der Waals surface area (Å²) < 4.78 is 12.3. The molecular weight excluding hydrogens is 161 g/mol. The molecule has 2 N–H and O–H groups in total. The highest BCUT2D eigenvalue weighted by molar-refractivity contribution is 5.92. The van der Waals surface area contributed by atoms with Gasteiger partial charge in [-0.25, -0.2) is 4.39 Å². The average Bonchev–Trinajstić information content (AvgIpc) is 2.47. The van der Waals surface area contributed by atoms with Crippen LogP contribution in [0.3, 0.4) is 0 Å². The summed E-state index contributed by atoms with van der Waals surface area (Å²) in [6.45, 7) is -0.0839. The minimum absolute atomic E-state index is 0.0839. The molecule has 0 saturated heterocycles. The molecule has 0 spiro atoms. The summed E-state index contributed by atoms with van der Waals surface area (Å²) in [5.74, 6) is -0.988. The molecule has 1 heterocycles. The summed E-state index contributed by atoms with van der Waals surface area (Å²) in [5.41, 5.74) is 0.114. The largest absolute Gasteiger partial charge is 0.355 e. The number of amides is 1. The fraction of sp³-hybridized carbons (Fsp3) is 0.143. The van der Waals surface area contributed by atoms with E-state index in [9.17, 15) is 9.18 Å². The van der Waals surface area contributed by atoms with E-state index in [1.807, 2.05) is 0 Å². The van der Waals surface area contributed by atoms with Crippen molar-refractivity contribution in [2.45, 2.75) is 0 Å². The Balaban J connectivity index is 2.61. The van der Waals surface area contributed by atoms with E-state index in [-0.39, 0.29) is 12.2 Å². The number of rotatable bonds is 2. The van der Waals surface area contributed by atoms with E-state index < -0.39 is 11.7 Å². The van der Waals surface area contributed by atoms with Crippen molar-refractivity contribution >= 4 is 5.91 Å². The monoisotopic (exact) mass is 167 g/mol. The van der Waals surface area contributed by atoms with Crippen LogP contribution < -0.4 is 5.32 Å². The Morgan fingerprint density at radius 3 is 3.08 bits per heavy atom. The molecule has 12 heavy (non-hydrogen) atoms. The van der Waals surface area contributed by atoms with Crippen LogP contribution in [0.15, 0.2) is 12.3 Å². The Morgan fingerprint density at radius 1 is 1.83 bits per heavy atom. The maximum absolute atomic E-state index is 12.3. The molecule has 1 aromatic heterocycles. The zero-order chi connectivity index (χ0) is 8.97. The van der Waals surface area contributed by atoms with E-state index in [0.29, 0.717) is 0 Å². The topological polar surface area (TPSA) is 68.7 Å². The van der Waals surface area contributed by atoms with Gasteiger partial charge in [0.15, 0.2) is 0 Å². The fourth-order valence-electron chi connectivity index (χ4n) is 0.714. The highest BCUT2D eigenvalue weighted by Crippen LogP contribution is 1.99. The van der Waals surface area contributed by atoms with Crippen molar-refractivity contribution in [3.63, 3.8) is 0 Å². The lowest BCUT2D eigenvalue weighted by Gasteiger charge is -1.95. The van der Waals surface area contributed by atoms with Crippen LogP contribution in [0, 0.1) is 17.1 Å². The average molecular weight is 167 g/mol. The van der Waals surface area contributed by atoms with E-state index in [1.54, 1.807) is 6.07 Å². The Kier molecular flexibility index (Phi) is 2.43. The third-order valence-electron chi connectivity index (χ3n) is 1.22. The third kappa shape index (κ3) is 1.83. The highest BCUT2D eigenvalue weighted by atomic mass is 19.1. The lowest BCUT2D eigenvalue weighted by Crippen LogP contribution is -2.23. The van der Waals surface area contributed by atoms with Crippen LogP contribution in [0.5, 0.6) is 0 Å². The second-order valence-electron chi connectivity index (χ2n) is 2.07. The van der Waals surface area contributed by atoms with Gasteiger partial charge in [0.1, 0.15) is 18.1 Å². The molecule has 0 aliphatic heterocycles. The number of carbonyl (C=O) groups is 1. The summed E-state index contributed by atoms with van der Waals surface area (Å²) in [7, 11) is 0. The third-order valence-corrected chi connectivity index (χ3v) is 1.22. The van der Waals surface area contributed by atoms with E-state index in [4.69, 9.17) is 5.26 Å². The maximum atomic E-state index is 12.3. The molecule has 0 fully saturated rings. The van der Waals surface area contributed by atoms with Crippen LogP contribution >= 0.6 is 0 Å². The van der Waals surface area contributed by atoms with Gasteiger partial charge in [0, 0.05) is 12.3 Å². The van der Waals surface area contributed by atoms with Gasteiger partial charge in [-0.05, 0) is 0 Å². The van der Waals surface area contributed by atoms with Gasteiger partial charge in [0.05, 0.1) is 6.07 Å². The summed E-state index contributed by atoms with van der Waals surface area (Å²) in [5, 5.41) is 10.4. The minimum Gasteiger partial charge on any atom is -0.355 e. The fourth-order valence-corrected chi connectivity index (χ4v) is 0.714. The van der Waals surface area contributed by atoms with Gasteiger partial charge < -0.3 is 10.3 Å². The number of nitrogens with one attached hydrogen (secondary N) is 2. The van der Waals surface area contributed by atoms with Crippen LogP contribution in [0.1, 0.15) is 10.5 Å². The first-order chi connectivity index (χ1) is 5.74. The van der Waals surface area contributed by atoms with Crippen LogP contribution in [0.2, 0.25) is 0 Å². The van der Waals surface area contributed by atoms with E-state index in [0.717, 1.165) is 12.3 Å². The van der Waals surface area contributed by atoms with Gasteiger partial charge in [0.2, 0.25) is 0 Å². The maximum Gasteiger partial charge on any atom is 0.268 e. The molecule has 0 bridgehead atoms. The summed E-state index contributed by atoms with van der Waals surface area (Å²) in [6.07, 6.45) is 1.07. The second kappa shape index (κ2) is 3.53. The van der Waals surface area contributed by atoms with Gasteiger partial charge in [-0.15, -0.1) is 0 Å². The zero-order valence-corrected chi connectivity index (χ0v) is 6.10. The Labute approximate surface area is 68.0 Å². The van der Waals surface area contributed by atoms with Crippen LogP contribution in [-0.4, -0.2) is 17.4 Å². The van der Waals surface area contributed by atoms with Gasteiger partial charge >= 0.3 is 0 Å². The molecule has 1 amide bonds. The number of halogens is 1. The number of nitrogens with zero attached hydrogens (tertiary/aromatic N) is 1. The number of H-pyrrole nitrogens is 1. The summed E-state index contributed by atoms with van der Waals surface area (Å²) >= 11 is 0. The predicted molar refractivity (Wildman–Crippen MR) is 38.7 cm³/mol. The summed E-state index contributed by atoms with van der Waals surface area (Å²) in [4.78, 5) is 13.4. The van der Waals surface area contributed by atoms with Crippen molar-refractivity contribution in [2.24, 2.45) is 0 Å². The van der Waals surface area contributed by atoms with Crippen LogP contribution in [0.4, 0.5) is 4.39 Å². The first-order valence-corrected chi connectivity index (χ1v) is 3.23. The number of nitriles is 1. The van der Waals surface area contributed by atoms with E-state index in [2.05, 4.69) is 10.3 Å². The highest BCUT2D eigenvalue weighted by Gasteiger charge is 2.06. The Bertz CT molecular complexity index is 326. The Morgan fingerprint density at radius 2 is 2.58 bits per heavy atom. The first kappa shape index (κ1) is 8.27. The Hall–Kier alpha value is -1.83. The SMILES string of the molecule is N#CCNC(=O)c1cc(F)c[nH]1. The molecular formula is C7H6FN3O. The van der Waals surface area contributed by atoms with Gasteiger partial charge in [-0.1, -0.05) is 0 Å². The molecule has 1 aromatic rings. The van der Waals surface area contributed by atoms with Crippen LogP contribution in [-0.2, 0) is 0 Å². The van der Waals surface area contributed by atoms with E-state index in [1.165, 1.54) is 0 Å². The first-order valence-electron chi connectivity index (χ1n) is 3.23. The lowest BCUT2D eigenvalue weighted by molar-refractivity contribution is 0.0954. The smallest absolute Gasteiger partial charge is 0.268 e. The standard InChI is InChI=1S/C7H6FN3O/c8-5-3-6(11-4-5)7(12)10-2-1-9/h3-4,11H,2H2,(H,10,12). The van der Waals surface area contributed by atoms with E-state index >= 15 is 0 Å². The van der Waals surface area contributed by atoms with Crippen molar-refractivity contribution < 1.29 is 9.18 Å². The van der Waals surface area contributed by atoms with Crippen LogP contribution in [0.25, 0.3) is 0 Å². The van der Waals surface area contributed by atoms with Crippen molar-refractivity contribution in [2.75, 3.05) is 6.54 Å². The van der Waals surface area contributed by atoms with Gasteiger partial charge in [0.25, 0.3) is 5.91 Å². The van der Waals surface area contributed by atoms with Crippen molar-refractivity contribution in [3.05, 3.63) is 23.8 Å². The molecule has 0 aliphatic rings. The molecule has 1 rings (SSSR count). The minimum atomic E-state index is -0.503.